The van der Waals surface area contributed by atoms with Gasteiger partial charge in [0.25, 0.3) is 0 Å². The van der Waals surface area contributed by atoms with Crippen LogP contribution in [0.15, 0.2) is 35.2 Å². The van der Waals surface area contributed by atoms with Gasteiger partial charge >= 0.3 is 0 Å². The van der Waals surface area contributed by atoms with Crippen LogP contribution in [0.25, 0.3) is 0 Å². The summed E-state index contributed by atoms with van der Waals surface area (Å²) in [7, 11) is 0. The number of hydrogen-bond donors (Lipinski definition) is 1. The largest absolute Gasteiger partial charge is 0.334 e. The van der Waals surface area contributed by atoms with Gasteiger partial charge in [0.05, 0.1) is 6.42 Å². The molecule has 25 heavy (non-hydrogen) atoms. The lowest BCUT2D eigenvalue weighted by Gasteiger charge is -2.29. The highest BCUT2D eigenvalue weighted by molar-refractivity contribution is 7.07. The number of carbonyl (C=O) groups is 1. The maximum atomic E-state index is 13.1. The summed E-state index contributed by atoms with van der Waals surface area (Å²) in [6, 6.07) is 6.55. The molecule has 1 saturated carbocycles. The van der Waals surface area contributed by atoms with E-state index in [1.54, 1.807) is 11.3 Å². The lowest BCUT2D eigenvalue weighted by molar-refractivity contribution is -0.132. The molecule has 4 rings (SSSR count). The Morgan fingerprint density at radius 1 is 1.32 bits per heavy atom. The monoisotopic (exact) mass is 355 g/mol. The van der Waals surface area contributed by atoms with E-state index in [4.69, 9.17) is 0 Å². The summed E-state index contributed by atoms with van der Waals surface area (Å²) in [6.07, 6.45) is 5.83. The van der Waals surface area contributed by atoms with Gasteiger partial charge < -0.3 is 10.2 Å². The zero-order valence-corrected chi connectivity index (χ0v) is 15.5. The lowest BCUT2D eigenvalue weighted by Crippen LogP contribution is -2.39. The number of amides is 1. The average molecular weight is 356 g/mol. The lowest BCUT2D eigenvalue weighted by atomic mass is 9.93. The Morgan fingerprint density at radius 2 is 2.16 bits per heavy atom. The van der Waals surface area contributed by atoms with Crippen LogP contribution in [-0.4, -0.2) is 34.9 Å². The summed E-state index contributed by atoms with van der Waals surface area (Å²) in [6.45, 7) is 4.87. The molecule has 2 aliphatic rings. The molecule has 2 aromatic rings. The third kappa shape index (κ3) is 3.62. The van der Waals surface area contributed by atoms with Crippen molar-refractivity contribution in [2.75, 3.05) is 13.1 Å². The molecule has 0 radical (unpaired) electrons. The van der Waals surface area contributed by atoms with E-state index in [0.29, 0.717) is 17.9 Å². The predicted molar refractivity (Wildman–Crippen MR) is 100 cm³/mol. The zero-order chi connectivity index (χ0) is 17.3. The van der Waals surface area contributed by atoms with E-state index < -0.39 is 0 Å². The minimum atomic E-state index is 0.234. The molecule has 1 atom stereocenters. The standard InChI is InChI=1S/C20H25N3OS/c1-15-2-3-16(12-22-15)10-19(24)23(13-17-4-9-25-14-17)18-11-20(18)5-7-21-8-6-20/h2-4,9,12,14,18,21H,5-8,10-11,13H2,1H3. The van der Waals surface area contributed by atoms with Gasteiger partial charge in [-0.3, -0.25) is 9.78 Å². The number of aromatic nitrogens is 1. The first kappa shape index (κ1) is 16.7. The fourth-order valence-electron chi connectivity index (χ4n) is 4.06. The van der Waals surface area contributed by atoms with Crippen LogP contribution in [0.4, 0.5) is 0 Å². The Morgan fingerprint density at radius 3 is 2.84 bits per heavy atom. The summed E-state index contributed by atoms with van der Waals surface area (Å²) in [4.78, 5) is 19.6. The van der Waals surface area contributed by atoms with E-state index in [2.05, 4.69) is 32.0 Å². The molecule has 1 saturated heterocycles. The van der Waals surface area contributed by atoms with Crippen molar-refractivity contribution in [3.8, 4) is 0 Å². The van der Waals surface area contributed by atoms with E-state index in [-0.39, 0.29) is 5.91 Å². The quantitative estimate of drug-likeness (QED) is 0.896. The molecule has 2 fully saturated rings. The molecule has 1 amide bonds. The molecular weight excluding hydrogens is 330 g/mol. The first-order valence-electron chi connectivity index (χ1n) is 9.09. The Kier molecular flexibility index (Phi) is 4.61. The summed E-state index contributed by atoms with van der Waals surface area (Å²) in [5.41, 5.74) is 3.60. The molecule has 4 nitrogen and oxygen atoms in total. The van der Waals surface area contributed by atoms with Gasteiger partial charge in [-0.25, -0.2) is 0 Å². The smallest absolute Gasteiger partial charge is 0.227 e. The van der Waals surface area contributed by atoms with Crippen molar-refractivity contribution in [3.05, 3.63) is 52.0 Å². The first-order valence-corrected chi connectivity index (χ1v) is 10.0. The number of rotatable bonds is 5. The van der Waals surface area contributed by atoms with E-state index in [1.807, 2.05) is 25.3 Å². The number of nitrogens with one attached hydrogen (secondary N) is 1. The normalized spacial score (nSPS) is 21.2. The number of thiophene rings is 1. The Bertz CT molecular complexity index is 720. The minimum absolute atomic E-state index is 0.234. The van der Waals surface area contributed by atoms with Gasteiger partial charge in [-0.2, -0.15) is 11.3 Å². The van der Waals surface area contributed by atoms with Crippen molar-refractivity contribution in [2.45, 2.75) is 45.2 Å². The predicted octanol–water partition coefficient (Wildman–Crippen LogP) is 3.16. The third-order valence-electron chi connectivity index (χ3n) is 5.70. The number of carbonyl (C=O) groups excluding carboxylic acids is 1. The molecule has 132 valence electrons. The van der Waals surface area contributed by atoms with Crippen molar-refractivity contribution in [1.29, 1.82) is 0 Å². The fourth-order valence-corrected chi connectivity index (χ4v) is 4.72. The summed E-state index contributed by atoms with van der Waals surface area (Å²) < 4.78 is 0. The van der Waals surface area contributed by atoms with Crippen LogP contribution in [0.2, 0.25) is 0 Å². The SMILES string of the molecule is Cc1ccc(CC(=O)N(Cc2ccsc2)C2CC23CCNCC3)cn1. The topological polar surface area (TPSA) is 45.2 Å². The van der Waals surface area contributed by atoms with E-state index >= 15 is 0 Å². The minimum Gasteiger partial charge on any atom is -0.334 e. The molecule has 3 heterocycles. The number of piperidine rings is 1. The molecule has 5 heteroatoms. The summed E-state index contributed by atoms with van der Waals surface area (Å²) in [5.74, 6) is 0.234. The molecule has 1 N–H and O–H groups in total. The summed E-state index contributed by atoms with van der Waals surface area (Å²) >= 11 is 1.70. The van der Waals surface area contributed by atoms with Crippen molar-refractivity contribution >= 4 is 17.2 Å². The van der Waals surface area contributed by atoms with E-state index in [9.17, 15) is 4.79 Å². The zero-order valence-electron chi connectivity index (χ0n) is 14.7. The average Bonchev–Trinajstić information content (AvgIpc) is 3.06. The highest BCUT2D eigenvalue weighted by Gasteiger charge is 2.57. The molecule has 1 aliphatic carbocycles. The van der Waals surface area contributed by atoms with Crippen LogP contribution in [-0.2, 0) is 17.8 Å². The highest BCUT2D eigenvalue weighted by Crippen LogP contribution is 2.56. The second kappa shape index (κ2) is 6.89. The molecule has 2 aromatic heterocycles. The van der Waals surface area contributed by atoms with Crippen LogP contribution in [0.5, 0.6) is 0 Å². The van der Waals surface area contributed by atoms with Gasteiger partial charge in [-0.1, -0.05) is 6.07 Å². The van der Waals surface area contributed by atoms with Crippen LogP contribution < -0.4 is 5.32 Å². The van der Waals surface area contributed by atoms with Gasteiger partial charge in [0.2, 0.25) is 5.91 Å². The number of nitrogens with zero attached hydrogens (tertiary/aromatic N) is 2. The van der Waals surface area contributed by atoms with E-state index in [0.717, 1.165) is 37.3 Å². The molecule has 1 spiro atoms. The number of aryl methyl sites for hydroxylation is 1. The summed E-state index contributed by atoms with van der Waals surface area (Å²) in [5, 5.41) is 7.70. The second-order valence-corrected chi connectivity index (χ2v) is 8.25. The van der Waals surface area contributed by atoms with Gasteiger partial charge in [0.1, 0.15) is 0 Å². The van der Waals surface area contributed by atoms with Crippen LogP contribution in [0.1, 0.15) is 36.1 Å². The third-order valence-corrected chi connectivity index (χ3v) is 6.44. The maximum Gasteiger partial charge on any atom is 0.227 e. The fraction of sp³-hybridized carbons (Fsp3) is 0.500. The maximum absolute atomic E-state index is 13.1. The molecule has 1 aliphatic heterocycles. The Labute approximate surface area is 153 Å². The van der Waals surface area contributed by atoms with Gasteiger partial charge in [-0.05, 0) is 78.7 Å². The van der Waals surface area contributed by atoms with Crippen molar-refractivity contribution in [1.82, 2.24) is 15.2 Å². The van der Waals surface area contributed by atoms with E-state index in [1.165, 1.54) is 18.4 Å². The van der Waals surface area contributed by atoms with Crippen molar-refractivity contribution in [2.24, 2.45) is 5.41 Å². The number of pyridine rings is 1. The van der Waals surface area contributed by atoms with Crippen LogP contribution in [0, 0.1) is 12.3 Å². The van der Waals surface area contributed by atoms with Gasteiger partial charge in [0.15, 0.2) is 0 Å². The second-order valence-electron chi connectivity index (χ2n) is 7.47. The Hall–Kier alpha value is -1.72. The van der Waals surface area contributed by atoms with Crippen LogP contribution in [0.3, 0.4) is 0 Å². The van der Waals surface area contributed by atoms with Crippen molar-refractivity contribution < 1.29 is 4.79 Å². The molecular formula is C20H25N3OS. The molecule has 1 unspecified atom stereocenters. The van der Waals surface area contributed by atoms with Crippen molar-refractivity contribution in [3.63, 3.8) is 0 Å². The van der Waals surface area contributed by atoms with Gasteiger partial charge in [-0.15, -0.1) is 0 Å². The molecule has 0 aromatic carbocycles. The Balaban J connectivity index is 1.50. The highest BCUT2D eigenvalue weighted by atomic mass is 32.1. The van der Waals surface area contributed by atoms with Crippen LogP contribution >= 0.6 is 11.3 Å². The van der Waals surface area contributed by atoms with Gasteiger partial charge in [0, 0.05) is 24.5 Å². The first-order chi connectivity index (χ1) is 12.2. The molecule has 0 bridgehead atoms. The number of hydrogen-bond acceptors (Lipinski definition) is 4.